The normalized spacial score (nSPS) is 19.1. The monoisotopic (exact) mass is 357 g/mol. The highest BCUT2D eigenvalue weighted by Crippen LogP contribution is 2.27. The van der Waals surface area contributed by atoms with Crippen LogP contribution in [0.1, 0.15) is 43.4 Å². The molecule has 25 heavy (non-hydrogen) atoms. The third-order valence-electron chi connectivity index (χ3n) is 4.01. The van der Waals surface area contributed by atoms with Gasteiger partial charge in [0.05, 0.1) is 18.4 Å². The highest BCUT2D eigenvalue weighted by atomic mass is 19.3. The molecule has 8 nitrogen and oxygen atoms in total. The number of nitrogens with one attached hydrogen (secondary N) is 1. The summed E-state index contributed by atoms with van der Waals surface area (Å²) < 4.78 is 24.9. The van der Waals surface area contributed by atoms with E-state index in [0.29, 0.717) is 13.1 Å². The van der Waals surface area contributed by atoms with E-state index >= 15 is 0 Å². The predicted molar refractivity (Wildman–Crippen MR) is 84.0 cm³/mol. The number of carbonyl (C=O) groups excluding carboxylic acids is 1. The molecule has 1 aliphatic rings. The number of hydrogen-bond donors (Lipinski definition) is 2. The number of rotatable bonds is 3. The van der Waals surface area contributed by atoms with Crippen molar-refractivity contribution in [2.24, 2.45) is 5.41 Å². The van der Waals surface area contributed by atoms with E-state index in [9.17, 15) is 23.5 Å². The molecule has 1 unspecified atom stereocenters. The Balaban J connectivity index is 2.05. The minimum atomic E-state index is -2.75. The highest BCUT2D eigenvalue weighted by Gasteiger charge is 2.38. The molecule has 0 radical (unpaired) electrons. The molecule has 0 spiro atoms. The number of alkyl halides is 2. The first-order chi connectivity index (χ1) is 11.6. The quantitative estimate of drug-likeness (QED) is 0.855. The largest absolute Gasteiger partial charge is 0.465 e. The number of halogens is 2. The molecule has 1 saturated heterocycles. The van der Waals surface area contributed by atoms with Crippen LogP contribution in [-0.2, 0) is 0 Å². The maximum atomic E-state index is 12.5. The van der Waals surface area contributed by atoms with Gasteiger partial charge in [-0.3, -0.25) is 15.2 Å². The fraction of sp³-hybridized carbons (Fsp3) is 0.600. The van der Waals surface area contributed by atoms with Gasteiger partial charge in [0.15, 0.2) is 0 Å². The Morgan fingerprint density at radius 2 is 1.96 bits per heavy atom. The molecular formula is C15H21F2N5O3. The topological polar surface area (TPSA) is 98.7 Å². The van der Waals surface area contributed by atoms with Gasteiger partial charge < -0.3 is 10.0 Å². The molecule has 138 valence electrons. The summed E-state index contributed by atoms with van der Waals surface area (Å²) >= 11 is 0. The smallest absolute Gasteiger partial charge is 0.407 e. The lowest BCUT2D eigenvalue weighted by molar-refractivity contribution is 0.00339. The maximum absolute atomic E-state index is 12.5. The molecule has 2 N–H and O–H groups in total. The maximum Gasteiger partial charge on any atom is 0.407 e. The van der Waals surface area contributed by atoms with Gasteiger partial charge in [0.1, 0.15) is 11.4 Å². The summed E-state index contributed by atoms with van der Waals surface area (Å²) in [7, 11) is 0. The Morgan fingerprint density at radius 1 is 1.28 bits per heavy atom. The SMILES string of the molecule is CC(C)(C)C1CN(NC(=O)c2cnc(C(F)F)cn2)CCN1C(=O)O. The average Bonchev–Trinajstić information content (AvgIpc) is 2.53. The van der Waals surface area contributed by atoms with Crippen molar-refractivity contribution < 1.29 is 23.5 Å². The van der Waals surface area contributed by atoms with E-state index in [1.807, 2.05) is 20.8 Å². The van der Waals surface area contributed by atoms with Gasteiger partial charge in [-0.25, -0.2) is 23.6 Å². The van der Waals surface area contributed by atoms with Crippen LogP contribution in [0.2, 0.25) is 0 Å². The lowest BCUT2D eigenvalue weighted by Crippen LogP contribution is -2.62. The van der Waals surface area contributed by atoms with Gasteiger partial charge in [-0.2, -0.15) is 0 Å². The molecule has 0 aromatic carbocycles. The molecule has 2 rings (SSSR count). The third-order valence-corrected chi connectivity index (χ3v) is 4.01. The predicted octanol–water partition coefficient (Wildman–Crippen LogP) is 1.77. The molecule has 1 aromatic rings. The van der Waals surface area contributed by atoms with E-state index in [2.05, 4.69) is 15.4 Å². The van der Waals surface area contributed by atoms with Crippen molar-refractivity contribution in [2.45, 2.75) is 33.2 Å². The van der Waals surface area contributed by atoms with Crippen molar-refractivity contribution in [1.29, 1.82) is 0 Å². The molecule has 0 saturated carbocycles. The van der Waals surface area contributed by atoms with E-state index in [4.69, 9.17) is 0 Å². The molecule has 10 heteroatoms. The lowest BCUT2D eigenvalue weighted by atomic mass is 9.84. The Labute approximate surface area is 143 Å². The van der Waals surface area contributed by atoms with Crippen molar-refractivity contribution in [2.75, 3.05) is 19.6 Å². The molecule has 1 aliphatic heterocycles. The fourth-order valence-corrected chi connectivity index (χ4v) is 2.62. The number of aromatic nitrogens is 2. The van der Waals surface area contributed by atoms with Crippen molar-refractivity contribution >= 4 is 12.0 Å². The number of hydrazine groups is 1. The Hall–Kier alpha value is -2.36. The van der Waals surface area contributed by atoms with Crippen LogP contribution in [0.4, 0.5) is 13.6 Å². The molecule has 1 aromatic heterocycles. The number of carbonyl (C=O) groups is 2. The van der Waals surface area contributed by atoms with Crippen molar-refractivity contribution in [3.63, 3.8) is 0 Å². The molecule has 2 amide bonds. The highest BCUT2D eigenvalue weighted by molar-refractivity contribution is 5.91. The Kier molecular flexibility index (Phi) is 5.51. The van der Waals surface area contributed by atoms with Gasteiger partial charge in [0, 0.05) is 19.6 Å². The summed E-state index contributed by atoms with van der Waals surface area (Å²) in [6.07, 6.45) is -1.90. The summed E-state index contributed by atoms with van der Waals surface area (Å²) in [5.41, 5.74) is 1.72. The molecule has 1 atom stereocenters. The zero-order chi connectivity index (χ0) is 18.8. The zero-order valence-electron chi connectivity index (χ0n) is 14.2. The number of hydrogen-bond acceptors (Lipinski definition) is 5. The first-order valence-electron chi connectivity index (χ1n) is 7.75. The molecule has 1 fully saturated rings. The Morgan fingerprint density at radius 3 is 2.44 bits per heavy atom. The van der Waals surface area contributed by atoms with Crippen LogP contribution in [0.3, 0.4) is 0 Å². The van der Waals surface area contributed by atoms with Gasteiger partial charge in [-0.05, 0) is 5.41 Å². The lowest BCUT2D eigenvalue weighted by Gasteiger charge is -2.45. The van der Waals surface area contributed by atoms with E-state index in [1.54, 1.807) is 5.01 Å². The number of nitrogens with zero attached hydrogens (tertiary/aromatic N) is 4. The van der Waals surface area contributed by atoms with Gasteiger partial charge in [0.2, 0.25) is 0 Å². The minimum absolute atomic E-state index is 0.0858. The first kappa shape index (κ1) is 19.0. The van der Waals surface area contributed by atoms with Crippen LogP contribution in [-0.4, -0.2) is 62.7 Å². The van der Waals surface area contributed by atoms with Gasteiger partial charge >= 0.3 is 6.09 Å². The second-order valence-corrected chi connectivity index (χ2v) is 6.87. The Bertz CT molecular complexity index is 633. The van der Waals surface area contributed by atoms with E-state index < -0.39 is 24.1 Å². The van der Waals surface area contributed by atoms with Crippen LogP contribution >= 0.6 is 0 Å². The molecule has 0 bridgehead atoms. The zero-order valence-corrected chi connectivity index (χ0v) is 14.2. The van der Waals surface area contributed by atoms with Crippen LogP contribution in [0.25, 0.3) is 0 Å². The van der Waals surface area contributed by atoms with Crippen LogP contribution in [0, 0.1) is 5.41 Å². The average molecular weight is 357 g/mol. The second kappa shape index (κ2) is 7.26. The summed E-state index contributed by atoms with van der Waals surface area (Å²) in [5.74, 6) is -0.579. The summed E-state index contributed by atoms with van der Waals surface area (Å²) in [4.78, 5) is 32.1. The van der Waals surface area contributed by atoms with Crippen LogP contribution < -0.4 is 5.43 Å². The molecule has 0 aliphatic carbocycles. The van der Waals surface area contributed by atoms with E-state index in [0.717, 1.165) is 12.4 Å². The van der Waals surface area contributed by atoms with Crippen molar-refractivity contribution in [3.05, 3.63) is 23.8 Å². The number of carboxylic acid groups (broad SMARTS) is 1. The number of amides is 2. The summed E-state index contributed by atoms with van der Waals surface area (Å²) in [6, 6.07) is -0.314. The van der Waals surface area contributed by atoms with Crippen LogP contribution in [0.5, 0.6) is 0 Å². The summed E-state index contributed by atoms with van der Waals surface area (Å²) in [6.45, 7) is 6.64. The third kappa shape index (κ3) is 4.59. The molecular weight excluding hydrogens is 336 g/mol. The van der Waals surface area contributed by atoms with Gasteiger partial charge in [-0.15, -0.1) is 0 Å². The van der Waals surface area contributed by atoms with Crippen molar-refractivity contribution in [1.82, 2.24) is 25.3 Å². The van der Waals surface area contributed by atoms with E-state index in [-0.39, 0.29) is 23.7 Å². The van der Waals surface area contributed by atoms with E-state index in [1.165, 1.54) is 4.90 Å². The number of piperazine rings is 1. The van der Waals surface area contributed by atoms with Gasteiger partial charge in [-0.1, -0.05) is 20.8 Å². The fourth-order valence-electron chi connectivity index (χ4n) is 2.62. The van der Waals surface area contributed by atoms with Crippen molar-refractivity contribution in [3.8, 4) is 0 Å². The first-order valence-corrected chi connectivity index (χ1v) is 7.75. The molecule has 2 heterocycles. The minimum Gasteiger partial charge on any atom is -0.465 e. The second-order valence-electron chi connectivity index (χ2n) is 6.87. The van der Waals surface area contributed by atoms with Crippen LogP contribution in [0.15, 0.2) is 12.4 Å². The standard InChI is InChI=1S/C15H21F2N5O3/c1-15(2,3)11-8-21(4-5-22(11)14(24)25)20-13(23)10-7-18-9(6-19-10)12(16)17/h6-7,11-12H,4-5,8H2,1-3H3,(H,20,23)(H,24,25). The van der Waals surface area contributed by atoms with Gasteiger partial charge in [0.25, 0.3) is 12.3 Å². The summed E-state index contributed by atoms with van der Waals surface area (Å²) in [5, 5.41) is 10.9.